The quantitative estimate of drug-likeness (QED) is 0.683. The van der Waals surface area contributed by atoms with E-state index in [9.17, 15) is 4.79 Å². The van der Waals surface area contributed by atoms with Crippen molar-refractivity contribution in [1.29, 1.82) is 5.26 Å². The minimum atomic E-state index is -0.512. The Labute approximate surface area is 78.9 Å². The van der Waals surface area contributed by atoms with Crippen LogP contribution in [0.1, 0.15) is 20.8 Å². The molecule has 0 fully saturated rings. The number of carbonyl (C=O) groups excluding carboxylic acids is 1. The normalized spacial score (nSPS) is 10.6. The Morgan fingerprint density at radius 1 is 1.62 bits per heavy atom. The smallest absolute Gasteiger partial charge is 0.246 e. The van der Waals surface area contributed by atoms with Crippen molar-refractivity contribution in [2.24, 2.45) is 5.41 Å². The zero-order valence-corrected chi connectivity index (χ0v) is 8.39. The molecule has 0 spiro atoms. The van der Waals surface area contributed by atoms with Crippen molar-refractivity contribution in [2.75, 3.05) is 19.8 Å². The Morgan fingerprint density at radius 2 is 2.23 bits per heavy atom. The van der Waals surface area contributed by atoms with Crippen molar-refractivity contribution in [3.8, 4) is 6.07 Å². The van der Waals surface area contributed by atoms with Gasteiger partial charge >= 0.3 is 0 Å². The molecule has 1 N–H and O–H groups in total. The maximum Gasteiger partial charge on any atom is 0.246 e. The maximum absolute atomic E-state index is 11.0. The van der Waals surface area contributed by atoms with Gasteiger partial charge in [0.2, 0.25) is 5.91 Å². The van der Waals surface area contributed by atoms with Crippen LogP contribution in [0.2, 0.25) is 0 Å². The van der Waals surface area contributed by atoms with Crippen molar-refractivity contribution < 1.29 is 9.53 Å². The molecule has 0 aromatic carbocycles. The number of rotatable bonds is 5. The average molecular weight is 184 g/mol. The van der Waals surface area contributed by atoms with Crippen LogP contribution in [0.15, 0.2) is 0 Å². The van der Waals surface area contributed by atoms with E-state index >= 15 is 0 Å². The summed E-state index contributed by atoms with van der Waals surface area (Å²) in [6, 6.07) is 2.10. The van der Waals surface area contributed by atoms with Gasteiger partial charge in [-0.3, -0.25) is 4.79 Å². The molecule has 0 aliphatic rings. The second-order valence-electron chi connectivity index (χ2n) is 3.41. The molecule has 0 aromatic heterocycles. The fraction of sp³-hybridized carbons (Fsp3) is 0.778. The summed E-state index contributed by atoms with van der Waals surface area (Å²) in [5, 5.41) is 11.3. The molecule has 0 aliphatic heterocycles. The van der Waals surface area contributed by atoms with Crippen LogP contribution in [0.5, 0.6) is 0 Å². The topological polar surface area (TPSA) is 62.1 Å². The zero-order valence-electron chi connectivity index (χ0n) is 8.39. The van der Waals surface area contributed by atoms with E-state index in [2.05, 4.69) is 11.4 Å². The highest BCUT2D eigenvalue weighted by atomic mass is 16.5. The molecule has 0 saturated heterocycles. The van der Waals surface area contributed by atoms with Crippen molar-refractivity contribution in [3.63, 3.8) is 0 Å². The number of carbonyl (C=O) groups is 1. The average Bonchev–Trinajstić information content (AvgIpc) is 2.11. The number of amides is 1. The molecule has 0 saturated carbocycles. The molecule has 4 nitrogen and oxygen atoms in total. The highest BCUT2D eigenvalue weighted by Crippen LogP contribution is 2.10. The van der Waals surface area contributed by atoms with Crippen molar-refractivity contribution in [2.45, 2.75) is 20.8 Å². The van der Waals surface area contributed by atoms with Gasteiger partial charge in [0.25, 0.3) is 0 Å². The Balaban J connectivity index is 3.65. The van der Waals surface area contributed by atoms with Gasteiger partial charge in [-0.1, -0.05) is 0 Å². The van der Waals surface area contributed by atoms with Crippen LogP contribution in [0.25, 0.3) is 0 Å². The van der Waals surface area contributed by atoms with E-state index in [-0.39, 0.29) is 12.5 Å². The molecule has 0 radical (unpaired) electrons. The van der Waals surface area contributed by atoms with Gasteiger partial charge in [0.1, 0.15) is 6.61 Å². The monoisotopic (exact) mass is 184 g/mol. The lowest BCUT2D eigenvalue weighted by Crippen LogP contribution is -2.35. The summed E-state index contributed by atoms with van der Waals surface area (Å²) in [5.41, 5.74) is -0.512. The summed E-state index contributed by atoms with van der Waals surface area (Å²) < 4.78 is 4.90. The summed E-state index contributed by atoms with van der Waals surface area (Å²) in [5.74, 6) is -0.176. The van der Waals surface area contributed by atoms with E-state index in [4.69, 9.17) is 10.00 Å². The standard InChI is InChI=1S/C9H16N2O2/c1-4-13-5-8(12)11-7-9(2,3)6-10/h4-5,7H2,1-3H3,(H,11,12). The van der Waals surface area contributed by atoms with Crippen LogP contribution < -0.4 is 5.32 Å². The molecular weight excluding hydrogens is 168 g/mol. The number of hydrogen-bond donors (Lipinski definition) is 1. The first-order valence-electron chi connectivity index (χ1n) is 4.27. The zero-order chi connectivity index (χ0) is 10.3. The van der Waals surface area contributed by atoms with Gasteiger partial charge in [-0.2, -0.15) is 5.26 Å². The molecule has 4 heteroatoms. The molecule has 74 valence electrons. The summed E-state index contributed by atoms with van der Waals surface area (Å²) in [7, 11) is 0. The highest BCUT2D eigenvalue weighted by molar-refractivity contribution is 5.77. The SMILES string of the molecule is CCOCC(=O)NCC(C)(C)C#N. The van der Waals surface area contributed by atoms with E-state index in [0.717, 1.165) is 0 Å². The van der Waals surface area contributed by atoms with Gasteiger partial charge in [-0.05, 0) is 20.8 Å². The lowest BCUT2D eigenvalue weighted by atomic mass is 9.96. The van der Waals surface area contributed by atoms with Crippen LogP contribution in [-0.2, 0) is 9.53 Å². The number of nitriles is 1. The first-order chi connectivity index (χ1) is 6.02. The molecule has 0 aromatic rings. The van der Waals surface area contributed by atoms with Crippen LogP contribution in [0.3, 0.4) is 0 Å². The number of ether oxygens (including phenoxy) is 1. The number of hydrogen-bond acceptors (Lipinski definition) is 3. The maximum atomic E-state index is 11.0. The van der Waals surface area contributed by atoms with Crippen LogP contribution in [-0.4, -0.2) is 25.7 Å². The molecule has 0 atom stereocenters. The Hall–Kier alpha value is -1.08. The molecule has 0 heterocycles. The summed E-state index contributed by atoms with van der Waals surface area (Å²) in [6.07, 6.45) is 0. The third-order valence-electron chi connectivity index (χ3n) is 1.47. The predicted molar refractivity (Wildman–Crippen MR) is 48.9 cm³/mol. The fourth-order valence-electron chi connectivity index (χ4n) is 0.605. The van der Waals surface area contributed by atoms with Crippen molar-refractivity contribution in [3.05, 3.63) is 0 Å². The second-order valence-corrected chi connectivity index (χ2v) is 3.41. The molecule has 0 aliphatic carbocycles. The summed E-state index contributed by atoms with van der Waals surface area (Å²) in [6.45, 7) is 6.32. The van der Waals surface area contributed by atoms with Crippen molar-refractivity contribution >= 4 is 5.91 Å². The van der Waals surface area contributed by atoms with Gasteiger partial charge in [-0.25, -0.2) is 0 Å². The summed E-state index contributed by atoms with van der Waals surface area (Å²) >= 11 is 0. The van der Waals surface area contributed by atoms with E-state index in [1.165, 1.54) is 0 Å². The number of nitrogens with zero attached hydrogens (tertiary/aromatic N) is 1. The van der Waals surface area contributed by atoms with Crippen molar-refractivity contribution in [1.82, 2.24) is 5.32 Å². The van der Waals surface area contributed by atoms with Gasteiger partial charge in [0.05, 0.1) is 11.5 Å². The minimum absolute atomic E-state index is 0.0675. The van der Waals surface area contributed by atoms with Crippen LogP contribution in [0, 0.1) is 16.7 Å². The second kappa shape index (κ2) is 5.55. The lowest BCUT2D eigenvalue weighted by Gasteiger charge is -2.15. The summed E-state index contributed by atoms with van der Waals surface area (Å²) in [4.78, 5) is 11.0. The van der Waals surface area contributed by atoms with Gasteiger partial charge in [0.15, 0.2) is 0 Å². The van der Waals surface area contributed by atoms with Gasteiger partial charge in [0, 0.05) is 13.2 Å². The molecule has 0 rings (SSSR count). The lowest BCUT2D eigenvalue weighted by molar-refractivity contribution is -0.125. The third kappa shape index (κ3) is 6.12. The number of nitrogens with one attached hydrogen (secondary N) is 1. The first kappa shape index (κ1) is 11.9. The molecule has 13 heavy (non-hydrogen) atoms. The van der Waals surface area contributed by atoms with E-state index in [1.807, 2.05) is 6.92 Å². The highest BCUT2D eigenvalue weighted by Gasteiger charge is 2.17. The predicted octanol–water partition coefficient (Wildman–Crippen LogP) is 0.689. The molecule has 0 unspecified atom stereocenters. The van der Waals surface area contributed by atoms with Crippen LogP contribution >= 0.6 is 0 Å². The van der Waals surface area contributed by atoms with Gasteiger partial charge in [-0.15, -0.1) is 0 Å². The third-order valence-corrected chi connectivity index (χ3v) is 1.47. The molecular formula is C9H16N2O2. The largest absolute Gasteiger partial charge is 0.372 e. The van der Waals surface area contributed by atoms with Crippen LogP contribution in [0.4, 0.5) is 0 Å². The minimum Gasteiger partial charge on any atom is -0.372 e. The Bertz CT molecular complexity index is 206. The van der Waals surface area contributed by atoms with E-state index < -0.39 is 5.41 Å². The van der Waals surface area contributed by atoms with Gasteiger partial charge < -0.3 is 10.1 Å². The fourth-order valence-corrected chi connectivity index (χ4v) is 0.605. The Morgan fingerprint density at radius 3 is 2.69 bits per heavy atom. The Kier molecular flexibility index (Phi) is 5.09. The molecule has 1 amide bonds. The first-order valence-corrected chi connectivity index (χ1v) is 4.27. The van der Waals surface area contributed by atoms with E-state index in [0.29, 0.717) is 13.2 Å². The molecule has 0 bridgehead atoms. The van der Waals surface area contributed by atoms with E-state index in [1.54, 1.807) is 13.8 Å².